The van der Waals surface area contributed by atoms with Crippen LogP contribution in [0.4, 0.5) is 13.2 Å². The normalized spacial score (nSPS) is 20.9. The number of ether oxygens (including phenoxy) is 1. The third-order valence-corrected chi connectivity index (χ3v) is 3.32. The molecule has 0 amide bonds. The van der Waals surface area contributed by atoms with Crippen LogP contribution in [0.25, 0.3) is 0 Å². The molecule has 100 valence electrons. The van der Waals surface area contributed by atoms with E-state index in [1.54, 1.807) is 0 Å². The molecule has 2 nitrogen and oxygen atoms in total. The highest BCUT2D eigenvalue weighted by Crippen LogP contribution is 2.28. The largest absolute Gasteiger partial charge is 0.400 e. The van der Waals surface area contributed by atoms with Crippen LogP contribution in [-0.2, 0) is 4.74 Å². The minimum atomic E-state index is -4.41. The number of thiocarbonyl (C=S) groups is 1. The first-order valence-electron chi connectivity index (χ1n) is 5.89. The summed E-state index contributed by atoms with van der Waals surface area (Å²) in [6.45, 7) is -0.441. The standard InChI is InChI=1S/C11H18F3NOS/c12-11(13,14)9(10(15)17)7-16-8-5-3-1-2-4-6-8/h8-9H,1-7H2,(H2,15,17). The lowest BCUT2D eigenvalue weighted by atomic mass is 10.1. The maximum absolute atomic E-state index is 12.6. The van der Waals surface area contributed by atoms with Crippen molar-refractivity contribution >= 4 is 17.2 Å². The lowest BCUT2D eigenvalue weighted by Gasteiger charge is -2.22. The van der Waals surface area contributed by atoms with Crippen LogP contribution in [0.3, 0.4) is 0 Å². The Bertz CT molecular complexity index is 250. The van der Waals surface area contributed by atoms with Crippen molar-refractivity contribution in [3.05, 3.63) is 0 Å². The molecule has 0 heterocycles. The van der Waals surface area contributed by atoms with Gasteiger partial charge in [0.05, 0.1) is 17.7 Å². The van der Waals surface area contributed by atoms with Crippen LogP contribution in [0, 0.1) is 5.92 Å². The summed E-state index contributed by atoms with van der Waals surface area (Å²) in [6.07, 6.45) is 1.51. The van der Waals surface area contributed by atoms with Crippen molar-refractivity contribution < 1.29 is 17.9 Å². The second-order valence-corrected chi connectivity index (χ2v) is 4.91. The number of rotatable bonds is 4. The Labute approximate surface area is 105 Å². The van der Waals surface area contributed by atoms with Crippen LogP contribution < -0.4 is 5.73 Å². The van der Waals surface area contributed by atoms with E-state index in [1.807, 2.05) is 0 Å². The van der Waals surface area contributed by atoms with Crippen LogP contribution in [-0.4, -0.2) is 23.9 Å². The summed E-state index contributed by atoms with van der Waals surface area (Å²) < 4.78 is 43.0. The Hall–Kier alpha value is -0.360. The van der Waals surface area contributed by atoms with Gasteiger partial charge in [0, 0.05) is 0 Å². The van der Waals surface area contributed by atoms with Gasteiger partial charge in [-0.25, -0.2) is 0 Å². The van der Waals surface area contributed by atoms with Crippen LogP contribution in [0.15, 0.2) is 0 Å². The van der Waals surface area contributed by atoms with E-state index in [9.17, 15) is 13.2 Å². The van der Waals surface area contributed by atoms with Gasteiger partial charge in [0.1, 0.15) is 5.92 Å². The second kappa shape index (κ2) is 6.54. The molecule has 1 aliphatic carbocycles. The van der Waals surface area contributed by atoms with Crippen LogP contribution in [0.2, 0.25) is 0 Å². The van der Waals surface area contributed by atoms with Gasteiger partial charge in [0.25, 0.3) is 0 Å². The highest BCUT2D eigenvalue weighted by Gasteiger charge is 2.42. The summed E-state index contributed by atoms with van der Waals surface area (Å²) in [7, 11) is 0. The van der Waals surface area contributed by atoms with E-state index in [-0.39, 0.29) is 6.10 Å². The topological polar surface area (TPSA) is 35.2 Å². The summed E-state index contributed by atoms with van der Waals surface area (Å²) in [6, 6.07) is 0. The number of halogens is 3. The number of hydrogen-bond donors (Lipinski definition) is 1. The first kappa shape index (κ1) is 14.7. The van der Waals surface area contributed by atoms with E-state index in [0.717, 1.165) is 38.5 Å². The lowest BCUT2D eigenvalue weighted by Crippen LogP contribution is -2.38. The van der Waals surface area contributed by atoms with E-state index in [0.29, 0.717) is 0 Å². The molecule has 0 aliphatic heterocycles. The summed E-state index contributed by atoms with van der Waals surface area (Å²) in [5, 5.41) is 0. The van der Waals surface area contributed by atoms with Crippen LogP contribution in [0.1, 0.15) is 38.5 Å². The zero-order valence-electron chi connectivity index (χ0n) is 9.63. The van der Waals surface area contributed by atoms with Gasteiger partial charge >= 0.3 is 6.18 Å². The SMILES string of the molecule is NC(=S)C(COC1CCCCCC1)C(F)(F)F. The van der Waals surface area contributed by atoms with Gasteiger partial charge in [0.15, 0.2) is 0 Å². The zero-order valence-corrected chi connectivity index (χ0v) is 10.4. The number of hydrogen-bond acceptors (Lipinski definition) is 2. The van der Waals surface area contributed by atoms with Gasteiger partial charge in [-0.2, -0.15) is 13.2 Å². The molecule has 1 atom stereocenters. The minimum Gasteiger partial charge on any atom is -0.393 e. The third kappa shape index (κ3) is 5.21. The molecule has 1 rings (SSSR count). The Balaban J connectivity index is 2.43. The fourth-order valence-corrected chi connectivity index (χ4v) is 2.18. The number of nitrogens with two attached hydrogens (primary N) is 1. The van der Waals surface area contributed by atoms with Crippen molar-refractivity contribution in [2.24, 2.45) is 11.7 Å². The fourth-order valence-electron chi connectivity index (χ4n) is 1.98. The first-order valence-corrected chi connectivity index (χ1v) is 6.29. The Morgan fingerprint density at radius 3 is 2.18 bits per heavy atom. The molecule has 1 saturated carbocycles. The van der Waals surface area contributed by atoms with Gasteiger partial charge in [-0.1, -0.05) is 37.9 Å². The molecular formula is C11H18F3NOS. The monoisotopic (exact) mass is 269 g/mol. The van der Waals surface area contributed by atoms with Crippen molar-refractivity contribution in [1.82, 2.24) is 0 Å². The third-order valence-electron chi connectivity index (χ3n) is 3.04. The van der Waals surface area contributed by atoms with Crippen LogP contribution in [0.5, 0.6) is 0 Å². The summed E-state index contributed by atoms with van der Waals surface area (Å²) in [5.41, 5.74) is 5.10. The molecule has 1 fully saturated rings. The molecule has 17 heavy (non-hydrogen) atoms. The molecule has 0 aromatic rings. The van der Waals surface area contributed by atoms with Gasteiger partial charge < -0.3 is 10.5 Å². The second-order valence-electron chi connectivity index (χ2n) is 4.44. The van der Waals surface area contributed by atoms with E-state index in [1.165, 1.54) is 0 Å². The van der Waals surface area contributed by atoms with Crippen molar-refractivity contribution in [3.63, 3.8) is 0 Å². The Kier molecular flexibility index (Phi) is 5.66. The first-order chi connectivity index (χ1) is 7.91. The van der Waals surface area contributed by atoms with Crippen molar-refractivity contribution in [3.8, 4) is 0 Å². The summed E-state index contributed by atoms with van der Waals surface area (Å²) in [4.78, 5) is -0.536. The molecule has 0 aromatic carbocycles. The molecule has 6 heteroatoms. The highest BCUT2D eigenvalue weighted by molar-refractivity contribution is 7.80. The van der Waals surface area contributed by atoms with Crippen molar-refractivity contribution in [1.29, 1.82) is 0 Å². The maximum Gasteiger partial charge on any atom is 0.400 e. The molecule has 1 unspecified atom stereocenters. The predicted molar refractivity (Wildman–Crippen MR) is 63.8 cm³/mol. The van der Waals surface area contributed by atoms with E-state index < -0.39 is 23.7 Å². The maximum atomic E-state index is 12.6. The van der Waals surface area contributed by atoms with Gasteiger partial charge in [-0.05, 0) is 12.8 Å². The Morgan fingerprint density at radius 2 is 1.76 bits per heavy atom. The van der Waals surface area contributed by atoms with Gasteiger partial charge in [-0.15, -0.1) is 0 Å². The summed E-state index contributed by atoms with van der Waals surface area (Å²) >= 11 is 4.44. The van der Waals surface area contributed by atoms with E-state index in [2.05, 4.69) is 12.2 Å². The van der Waals surface area contributed by atoms with Crippen molar-refractivity contribution in [2.45, 2.75) is 50.8 Å². The molecule has 0 bridgehead atoms. The number of alkyl halides is 3. The smallest absolute Gasteiger partial charge is 0.393 e. The Morgan fingerprint density at radius 1 is 1.24 bits per heavy atom. The lowest BCUT2D eigenvalue weighted by molar-refractivity contribution is -0.172. The highest BCUT2D eigenvalue weighted by atomic mass is 32.1. The zero-order chi connectivity index (χ0) is 12.9. The predicted octanol–water partition coefficient (Wildman–Crippen LogP) is 3.19. The summed E-state index contributed by atoms with van der Waals surface area (Å²) in [5.74, 6) is -1.82. The molecule has 1 aliphatic rings. The average molecular weight is 269 g/mol. The fraction of sp³-hybridized carbons (Fsp3) is 0.909. The molecule has 0 radical (unpaired) electrons. The van der Waals surface area contributed by atoms with E-state index >= 15 is 0 Å². The molecule has 0 spiro atoms. The molecule has 2 N–H and O–H groups in total. The van der Waals surface area contributed by atoms with Crippen molar-refractivity contribution in [2.75, 3.05) is 6.61 Å². The van der Waals surface area contributed by atoms with E-state index in [4.69, 9.17) is 10.5 Å². The minimum absolute atomic E-state index is 0.0725. The quantitative estimate of drug-likeness (QED) is 0.629. The van der Waals surface area contributed by atoms with Gasteiger partial charge in [0.2, 0.25) is 0 Å². The molecule has 0 saturated heterocycles. The molecular weight excluding hydrogens is 251 g/mol. The van der Waals surface area contributed by atoms with Gasteiger partial charge in [-0.3, -0.25) is 0 Å². The van der Waals surface area contributed by atoms with Crippen LogP contribution >= 0.6 is 12.2 Å². The molecule has 0 aromatic heterocycles. The average Bonchev–Trinajstić information content (AvgIpc) is 2.43.